The van der Waals surface area contributed by atoms with Crippen molar-refractivity contribution in [2.45, 2.75) is 6.54 Å². The van der Waals surface area contributed by atoms with Crippen LogP contribution < -0.4 is 11.1 Å². The van der Waals surface area contributed by atoms with Crippen LogP contribution in [0.2, 0.25) is 5.02 Å². The Morgan fingerprint density at radius 2 is 2.05 bits per heavy atom. The van der Waals surface area contributed by atoms with E-state index in [1.54, 1.807) is 24.3 Å². The van der Waals surface area contributed by atoms with Gasteiger partial charge in [-0.15, -0.1) is 0 Å². The minimum Gasteiger partial charge on any atom is -0.381 e. The first kappa shape index (κ1) is 13.4. The van der Waals surface area contributed by atoms with E-state index in [0.29, 0.717) is 17.8 Å². The number of anilines is 1. The van der Waals surface area contributed by atoms with Crippen LogP contribution in [0.5, 0.6) is 0 Å². The number of nitrogens with one attached hydrogen (secondary N) is 1. The second-order valence-corrected chi connectivity index (χ2v) is 4.45. The molecule has 5 heteroatoms. The summed E-state index contributed by atoms with van der Waals surface area (Å²) in [5, 5.41) is 3.13. The number of rotatable bonds is 4. The van der Waals surface area contributed by atoms with Crippen molar-refractivity contribution < 1.29 is 9.18 Å². The summed E-state index contributed by atoms with van der Waals surface area (Å²) in [6.07, 6.45) is 0. The van der Waals surface area contributed by atoms with Gasteiger partial charge < -0.3 is 11.1 Å². The zero-order valence-corrected chi connectivity index (χ0v) is 10.7. The lowest BCUT2D eigenvalue weighted by atomic mass is 10.1. The van der Waals surface area contributed by atoms with E-state index in [-0.39, 0.29) is 5.02 Å². The highest BCUT2D eigenvalue weighted by atomic mass is 35.5. The third kappa shape index (κ3) is 3.45. The predicted molar refractivity (Wildman–Crippen MR) is 73.7 cm³/mol. The number of nitrogens with two attached hydrogens (primary N) is 1. The average molecular weight is 279 g/mol. The molecule has 2 rings (SSSR count). The van der Waals surface area contributed by atoms with E-state index < -0.39 is 11.7 Å². The van der Waals surface area contributed by atoms with Crippen molar-refractivity contribution in [2.75, 3.05) is 5.32 Å². The van der Waals surface area contributed by atoms with Crippen molar-refractivity contribution in [1.29, 1.82) is 0 Å². The maximum atomic E-state index is 13.2. The lowest BCUT2D eigenvalue weighted by molar-refractivity contribution is 0.1000. The van der Waals surface area contributed by atoms with Gasteiger partial charge in [-0.2, -0.15) is 0 Å². The fourth-order valence-corrected chi connectivity index (χ4v) is 1.76. The normalized spacial score (nSPS) is 10.2. The molecule has 2 aromatic rings. The van der Waals surface area contributed by atoms with E-state index in [1.807, 2.05) is 6.07 Å². The van der Waals surface area contributed by atoms with Gasteiger partial charge in [0, 0.05) is 17.8 Å². The standard InChI is InChI=1S/C14H12ClFN2O/c15-12-5-4-11(7-13(12)16)18-8-9-2-1-3-10(6-9)14(17)19/h1-7,18H,8H2,(H2,17,19). The van der Waals surface area contributed by atoms with Crippen molar-refractivity contribution >= 4 is 23.2 Å². The van der Waals surface area contributed by atoms with E-state index in [4.69, 9.17) is 17.3 Å². The van der Waals surface area contributed by atoms with Crippen molar-refractivity contribution in [1.82, 2.24) is 0 Å². The van der Waals surface area contributed by atoms with Gasteiger partial charge in [-0.05, 0) is 35.9 Å². The number of carbonyl (C=O) groups is 1. The fourth-order valence-electron chi connectivity index (χ4n) is 1.64. The van der Waals surface area contributed by atoms with Gasteiger partial charge in [-0.1, -0.05) is 23.7 Å². The molecule has 19 heavy (non-hydrogen) atoms. The molecule has 2 aromatic carbocycles. The molecule has 0 saturated carbocycles. The monoisotopic (exact) mass is 278 g/mol. The summed E-state index contributed by atoms with van der Waals surface area (Å²) in [4.78, 5) is 11.0. The minimum atomic E-state index is -0.474. The molecule has 0 radical (unpaired) electrons. The second-order valence-electron chi connectivity index (χ2n) is 4.05. The van der Waals surface area contributed by atoms with Crippen LogP contribution in [0.3, 0.4) is 0 Å². The van der Waals surface area contributed by atoms with Crippen molar-refractivity contribution in [3.63, 3.8) is 0 Å². The molecule has 0 aliphatic carbocycles. The highest BCUT2D eigenvalue weighted by molar-refractivity contribution is 6.30. The van der Waals surface area contributed by atoms with Gasteiger partial charge in [-0.3, -0.25) is 4.79 Å². The Kier molecular flexibility index (Phi) is 4.02. The fraction of sp³-hybridized carbons (Fsp3) is 0.0714. The number of hydrogen-bond donors (Lipinski definition) is 2. The number of hydrogen-bond acceptors (Lipinski definition) is 2. The summed E-state index contributed by atoms with van der Waals surface area (Å²) in [6.45, 7) is 0.461. The van der Waals surface area contributed by atoms with Crippen molar-refractivity contribution in [3.8, 4) is 0 Å². The average Bonchev–Trinajstić information content (AvgIpc) is 2.40. The van der Waals surface area contributed by atoms with Crippen LogP contribution in [0.15, 0.2) is 42.5 Å². The third-order valence-corrected chi connectivity index (χ3v) is 2.93. The van der Waals surface area contributed by atoms with Gasteiger partial charge in [0.15, 0.2) is 0 Å². The summed E-state index contributed by atoms with van der Waals surface area (Å²) in [5.74, 6) is -0.947. The van der Waals surface area contributed by atoms with E-state index >= 15 is 0 Å². The third-order valence-electron chi connectivity index (χ3n) is 2.63. The Bertz CT molecular complexity index is 616. The number of halogens is 2. The number of benzene rings is 2. The molecule has 0 unspecified atom stereocenters. The molecule has 0 atom stereocenters. The molecule has 3 N–H and O–H groups in total. The van der Waals surface area contributed by atoms with Crippen LogP contribution in [0.4, 0.5) is 10.1 Å². The molecule has 3 nitrogen and oxygen atoms in total. The lowest BCUT2D eigenvalue weighted by Gasteiger charge is -2.08. The molecule has 0 heterocycles. The molecule has 98 valence electrons. The molecule has 0 aromatic heterocycles. The van der Waals surface area contributed by atoms with Crippen molar-refractivity contribution in [3.05, 3.63) is 64.4 Å². The number of primary amides is 1. The smallest absolute Gasteiger partial charge is 0.248 e. The summed E-state index contributed by atoms with van der Waals surface area (Å²) in [5.41, 5.74) is 7.15. The van der Waals surface area contributed by atoms with Crippen LogP contribution in [0.1, 0.15) is 15.9 Å². The molecule has 0 aliphatic heterocycles. The SMILES string of the molecule is NC(=O)c1cccc(CNc2ccc(Cl)c(F)c2)c1. The summed E-state index contributed by atoms with van der Waals surface area (Å²) in [6, 6.07) is 11.4. The number of carbonyl (C=O) groups excluding carboxylic acids is 1. The topological polar surface area (TPSA) is 55.1 Å². The van der Waals surface area contributed by atoms with Crippen molar-refractivity contribution in [2.24, 2.45) is 5.73 Å². The van der Waals surface area contributed by atoms with E-state index in [0.717, 1.165) is 5.56 Å². The Balaban J connectivity index is 2.07. The van der Waals surface area contributed by atoms with Crippen LogP contribution in [-0.4, -0.2) is 5.91 Å². The summed E-state index contributed by atoms with van der Waals surface area (Å²) in [7, 11) is 0. The molecule has 0 saturated heterocycles. The Morgan fingerprint density at radius 3 is 2.74 bits per heavy atom. The van der Waals surface area contributed by atoms with Gasteiger partial charge in [0.25, 0.3) is 0 Å². The Hall–Kier alpha value is -2.07. The molecular formula is C14H12ClFN2O. The molecule has 0 aliphatic rings. The van der Waals surface area contributed by atoms with Gasteiger partial charge >= 0.3 is 0 Å². The first-order valence-electron chi connectivity index (χ1n) is 5.64. The van der Waals surface area contributed by atoms with E-state index in [2.05, 4.69) is 5.32 Å². The molecule has 0 fully saturated rings. The van der Waals surface area contributed by atoms with Crippen LogP contribution in [0, 0.1) is 5.82 Å². The maximum absolute atomic E-state index is 13.2. The zero-order valence-electron chi connectivity index (χ0n) is 9.99. The molecule has 1 amide bonds. The zero-order chi connectivity index (χ0) is 13.8. The quantitative estimate of drug-likeness (QED) is 0.902. The largest absolute Gasteiger partial charge is 0.381 e. The lowest BCUT2D eigenvalue weighted by Crippen LogP contribution is -2.11. The van der Waals surface area contributed by atoms with E-state index in [9.17, 15) is 9.18 Å². The van der Waals surface area contributed by atoms with Gasteiger partial charge in [0.1, 0.15) is 5.82 Å². The Morgan fingerprint density at radius 1 is 1.26 bits per heavy atom. The molecular weight excluding hydrogens is 267 g/mol. The second kappa shape index (κ2) is 5.71. The van der Waals surface area contributed by atoms with Gasteiger partial charge in [-0.25, -0.2) is 4.39 Å². The number of amides is 1. The van der Waals surface area contributed by atoms with Crippen LogP contribution >= 0.6 is 11.6 Å². The molecule has 0 spiro atoms. The molecule has 0 bridgehead atoms. The highest BCUT2D eigenvalue weighted by Crippen LogP contribution is 2.19. The minimum absolute atomic E-state index is 0.0845. The maximum Gasteiger partial charge on any atom is 0.248 e. The van der Waals surface area contributed by atoms with Gasteiger partial charge in [0.2, 0.25) is 5.91 Å². The van der Waals surface area contributed by atoms with Gasteiger partial charge in [0.05, 0.1) is 5.02 Å². The summed E-state index contributed by atoms with van der Waals surface area (Å²) >= 11 is 5.60. The van der Waals surface area contributed by atoms with Crippen LogP contribution in [0.25, 0.3) is 0 Å². The van der Waals surface area contributed by atoms with E-state index in [1.165, 1.54) is 12.1 Å². The highest BCUT2D eigenvalue weighted by Gasteiger charge is 2.03. The summed E-state index contributed by atoms with van der Waals surface area (Å²) < 4.78 is 13.2. The predicted octanol–water partition coefficient (Wildman–Crippen LogP) is 3.19. The Labute approximate surface area is 115 Å². The van der Waals surface area contributed by atoms with Crippen LogP contribution in [-0.2, 0) is 6.54 Å². The first-order chi connectivity index (χ1) is 9.06. The first-order valence-corrected chi connectivity index (χ1v) is 6.02.